The number of hydrogen-bond acceptors (Lipinski definition) is 4. The Morgan fingerprint density at radius 2 is 1.92 bits per heavy atom. The molecule has 1 atom stereocenters. The number of ether oxygens (including phenoxy) is 2. The monoisotopic (exact) mass is 364 g/mol. The molecule has 1 aliphatic rings. The van der Waals surface area contributed by atoms with E-state index >= 15 is 0 Å². The summed E-state index contributed by atoms with van der Waals surface area (Å²) in [5.74, 6) is -1.13. The molecule has 25 heavy (non-hydrogen) atoms. The summed E-state index contributed by atoms with van der Waals surface area (Å²) in [6.45, 7) is 0.358. The number of hydrogen-bond donors (Lipinski definition) is 2. The van der Waals surface area contributed by atoms with E-state index in [-0.39, 0.29) is 23.9 Å². The fourth-order valence-electron chi connectivity index (χ4n) is 2.21. The van der Waals surface area contributed by atoms with Gasteiger partial charge in [-0.05, 0) is 30.3 Å². The Kier molecular flexibility index (Phi) is 5.04. The van der Waals surface area contributed by atoms with Crippen LogP contribution in [0.4, 0.5) is 10.1 Å². The quantitative estimate of drug-likeness (QED) is 0.820. The van der Waals surface area contributed by atoms with Crippen LogP contribution >= 0.6 is 11.6 Å². The van der Waals surface area contributed by atoms with Gasteiger partial charge in [0.05, 0.1) is 11.6 Å². The molecule has 2 amide bonds. The molecule has 0 aliphatic carbocycles. The summed E-state index contributed by atoms with van der Waals surface area (Å²) in [5, 5.41) is 4.66. The van der Waals surface area contributed by atoms with Gasteiger partial charge in [0, 0.05) is 5.69 Å². The van der Waals surface area contributed by atoms with Gasteiger partial charge in [-0.1, -0.05) is 23.7 Å². The minimum atomic E-state index is -0.889. The lowest BCUT2D eigenvalue weighted by atomic mass is 10.2. The Labute approximate surface area is 147 Å². The van der Waals surface area contributed by atoms with E-state index in [0.29, 0.717) is 11.5 Å². The van der Waals surface area contributed by atoms with Crippen LogP contribution < -0.4 is 20.1 Å². The number of nitrogens with one attached hydrogen (secondary N) is 2. The molecule has 130 valence electrons. The Balaban J connectivity index is 1.51. The van der Waals surface area contributed by atoms with Crippen LogP contribution in [0.2, 0.25) is 5.02 Å². The molecule has 0 bridgehead atoms. The fourth-order valence-corrected chi connectivity index (χ4v) is 2.39. The second-order valence-corrected chi connectivity index (χ2v) is 5.70. The van der Waals surface area contributed by atoms with Gasteiger partial charge >= 0.3 is 11.8 Å². The van der Waals surface area contributed by atoms with Crippen molar-refractivity contribution >= 4 is 29.1 Å². The number of fused-ring (bicyclic) bond motifs is 1. The van der Waals surface area contributed by atoms with Crippen LogP contribution in [-0.4, -0.2) is 31.1 Å². The van der Waals surface area contributed by atoms with Crippen LogP contribution in [0.5, 0.6) is 11.5 Å². The van der Waals surface area contributed by atoms with Crippen molar-refractivity contribution in [3.8, 4) is 11.5 Å². The first kappa shape index (κ1) is 17.0. The zero-order valence-corrected chi connectivity index (χ0v) is 13.7. The maximum atomic E-state index is 13.1. The van der Waals surface area contributed by atoms with Gasteiger partial charge in [-0.15, -0.1) is 0 Å². The maximum Gasteiger partial charge on any atom is 0.313 e. The SMILES string of the molecule is O=C(NCC1COc2ccccc2O1)C(=O)Nc1ccc(F)c(Cl)c1. The summed E-state index contributed by atoms with van der Waals surface area (Å²) in [5.41, 5.74) is 0.220. The van der Waals surface area contributed by atoms with Crippen LogP contribution in [0.1, 0.15) is 0 Å². The van der Waals surface area contributed by atoms with Crippen molar-refractivity contribution in [3.63, 3.8) is 0 Å². The molecule has 8 heteroatoms. The second-order valence-electron chi connectivity index (χ2n) is 5.29. The molecule has 1 heterocycles. The summed E-state index contributed by atoms with van der Waals surface area (Å²) in [6.07, 6.45) is -0.410. The molecule has 0 aromatic heterocycles. The highest BCUT2D eigenvalue weighted by Crippen LogP contribution is 2.30. The van der Waals surface area contributed by atoms with Crippen LogP contribution in [0.15, 0.2) is 42.5 Å². The van der Waals surface area contributed by atoms with E-state index < -0.39 is 23.7 Å². The van der Waals surface area contributed by atoms with Crippen molar-refractivity contribution in [3.05, 3.63) is 53.3 Å². The first-order valence-electron chi connectivity index (χ1n) is 7.45. The summed E-state index contributed by atoms with van der Waals surface area (Å²) >= 11 is 5.62. The third kappa shape index (κ3) is 4.19. The zero-order chi connectivity index (χ0) is 17.8. The maximum absolute atomic E-state index is 13.1. The summed E-state index contributed by atoms with van der Waals surface area (Å²) in [6, 6.07) is 10.8. The number of carbonyl (C=O) groups is 2. The number of amides is 2. The number of rotatable bonds is 3. The Morgan fingerprint density at radius 1 is 1.16 bits per heavy atom. The number of benzene rings is 2. The molecule has 2 aromatic carbocycles. The summed E-state index contributed by atoms with van der Waals surface area (Å²) in [7, 11) is 0. The molecule has 0 spiro atoms. The van der Waals surface area contributed by atoms with E-state index in [4.69, 9.17) is 21.1 Å². The molecule has 3 rings (SSSR count). The van der Waals surface area contributed by atoms with Crippen molar-refractivity contribution in [1.29, 1.82) is 0 Å². The van der Waals surface area contributed by atoms with Crippen molar-refractivity contribution in [2.45, 2.75) is 6.10 Å². The molecule has 1 unspecified atom stereocenters. The van der Waals surface area contributed by atoms with Gasteiger partial charge in [0.25, 0.3) is 0 Å². The average Bonchev–Trinajstić information content (AvgIpc) is 2.62. The van der Waals surface area contributed by atoms with Crippen molar-refractivity contribution in [2.24, 2.45) is 0 Å². The predicted octanol–water partition coefficient (Wildman–Crippen LogP) is 2.37. The van der Waals surface area contributed by atoms with Gasteiger partial charge in [-0.25, -0.2) is 4.39 Å². The number of halogens is 2. The number of para-hydroxylation sites is 2. The zero-order valence-electron chi connectivity index (χ0n) is 12.9. The van der Waals surface area contributed by atoms with Gasteiger partial charge in [0.2, 0.25) is 0 Å². The Morgan fingerprint density at radius 3 is 2.68 bits per heavy atom. The smallest absolute Gasteiger partial charge is 0.313 e. The highest BCUT2D eigenvalue weighted by molar-refractivity contribution is 6.39. The van der Waals surface area contributed by atoms with Crippen LogP contribution in [-0.2, 0) is 9.59 Å². The molecular formula is C17H14ClFN2O4. The van der Waals surface area contributed by atoms with Gasteiger partial charge < -0.3 is 20.1 Å². The molecule has 0 saturated heterocycles. The first-order chi connectivity index (χ1) is 12.0. The Hall–Kier alpha value is -2.80. The third-order valence-electron chi connectivity index (χ3n) is 3.44. The predicted molar refractivity (Wildman–Crippen MR) is 89.4 cm³/mol. The van der Waals surface area contributed by atoms with E-state index in [2.05, 4.69) is 10.6 Å². The van der Waals surface area contributed by atoms with Crippen molar-refractivity contribution < 1.29 is 23.5 Å². The highest BCUT2D eigenvalue weighted by Gasteiger charge is 2.22. The lowest BCUT2D eigenvalue weighted by Crippen LogP contribution is -2.44. The topological polar surface area (TPSA) is 76.7 Å². The number of anilines is 1. The summed E-state index contributed by atoms with van der Waals surface area (Å²) < 4.78 is 24.3. The minimum Gasteiger partial charge on any atom is -0.486 e. The standard InChI is InChI=1S/C17H14ClFN2O4/c18-12-7-10(5-6-13(12)19)21-17(23)16(22)20-8-11-9-24-14-3-1-2-4-15(14)25-11/h1-7,11H,8-9H2,(H,20,22)(H,21,23). The molecule has 0 saturated carbocycles. The largest absolute Gasteiger partial charge is 0.486 e. The summed E-state index contributed by atoms with van der Waals surface area (Å²) in [4.78, 5) is 23.7. The Bertz CT molecular complexity index is 815. The average molecular weight is 365 g/mol. The van der Waals surface area contributed by atoms with Crippen molar-refractivity contribution in [2.75, 3.05) is 18.5 Å². The van der Waals surface area contributed by atoms with E-state index in [1.165, 1.54) is 12.1 Å². The molecule has 1 aliphatic heterocycles. The van der Waals surface area contributed by atoms with Crippen LogP contribution in [0, 0.1) is 5.82 Å². The van der Waals surface area contributed by atoms with E-state index in [1.54, 1.807) is 12.1 Å². The third-order valence-corrected chi connectivity index (χ3v) is 3.73. The molecule has 0 fully saturated rings. The van der Waals surface area contributed by atoms with E-state index in [0.717, 1.165) is 6.07 Å². The van der Waals surface area contributed by atoms with Gasteiger partial charge in [-0.3, -0.25) is 9.59 Å². The van der Waals surface area contributed by atoms with Crippen molar-refractivity contribution in [1.82, 2.24) is 5.32 Å². The number of carbonyl (C=O) groups excluding carboxylic acids is 2. The lowest BCUT2D eigenvalue weighted by molar-refractivity contribution is -0.136. The molecular weight excluding hydrogens is 351 g/mol. The van der Waals surface area contributed by atoms with Crippen LogP contribution in [0.25, 0.3) is 0 Å². The molecule has 2 aromatic rings. The van der Waals surface area contributed by atoms with Gasteiger partial charge in [0.15, 0.2) is 11.5 Å². The molecule has 2 N–H and O–H groups in total. The van der Waals surface area contributed by atoms with E-state index in [9.17, 15) is 14.0 Å². The normalized spacial score (nSPS) is 15.4. The minimum absolute atomic E-state index is 0.102. The highest BCUT2D eigenvalue weighted by atomic mass is 35.5. The van der Waals surface area contributed by atoms with E-state index in [1.807, 2.05) is 12.1 Å². The van der Waals surface area contributed by atoms with Crippen LogP contribution in [0.3, 0.4) is 0 Å². The fraction of sp³-hybridized carbons (Fsp3) is 0.176. The first-order valence-corrected chi connectivity index (χ1v) is 7.83. The molecule has 6 nitrogen and oxygen atoms in total. The van der Waals surface area contributed by atoms with Gasteiger partial charge in [0.1, 0.15) is 18.5 Å². The second kappa shape index (κ2) is 7.40. The molecule has 0 radical (unpaired) electrons. The van der Waals surface area contributed by atoms with Gasteiger partial charge in [-0.2, -0.15) is 0 Å². The lowest BCUT2D eigenvalue weighted by Gasteiger charge is -2.26.